The van der Waals surface area contributed by atoms with E-state index in [1.807, 2.05) is 0 Å². The summed E-state index contributed by atoms with van der Waals surface area (Å²) >= 11 is 1.46. The summed E-state index contributed by atoms with van der Waals surface area (Å²) in [6, 6.07) is 4.61. The van der Waals surface area contributed by atoms with E-state index in [-0.39, 0.29) is 17.8 Å². The summed E-state index contributed by atoms with van der Waals surface area (Å²) in [5.74, 6) is 0.460. The number of nitrogens with one attached hydrogen (secondary N) is 1. The van der Waals surface area contributed by atoms with Crippen molar-refractivity contribution >= 4 is 28.7 Å². The van der Waals surface area contributed by atoms with Gasteiger partial charge in [-0.3, -0.25) is 10.3 Å². The predicted octanol–water partition coefficient (Wildman–Crippen LogP) is 4.83. The normalized spacial score (nSPS) is 26.1. The zero-order chi connectivity index (χ0) is 21.9. The molecule has 0 unspecified atom stereocenters. The molecule has 1 saturated carbocycles. The summed E-state index contributed by atoms with van der Waals surface area (Å²) in [7, 11) is 0. The molecule has 0 radical (unpaired) electrons. The Hall–Kier alpha value is -1.80. The van der Waals surface area contributed by atoms with Gasteiger partial charge in [0, 0.05) is 35.9 Å². The number of hydrogen-bond donors (Lipinski definition) is 2. The fourth-order valence-corrected chi connectivity index (χ4v) is 5.24. The van der Waals surface area contributed by atoms with Crippen LogP contribution in [0.25, 0.3) is 0 Å². The summed E-state index contributed by atoms with van der Waals surface area (Å²) in [4.78, 5) is 17.2. The number of nitrogen functional groups attached to an aromatic ring is 1. The molecule has 1 aromatic carbocycles. The van der Waals surface area contributed by atoms with Gasteiger partial charge in [0.25, 0.3) is 0 Å². The molecule has 0 aromatic heterocycles. The molecule has 8 heteroatoms. The number of unbranched alkanes of at least 4 members (excludes halogenated alkanes) is 1. The number of rotatable bonds is 5. The van der Waals surface area contributed by atoms with Gasteiger partial charge in [-0.2, -0.15) is 0 Å². The van der Waals surface area contributed by atoms with Crippen molar-refractivity contribution in [3.05, 3.63) is 29.6 Å². The molecule has 3 N–H and O–H groups in total. The van der Waals surface area contributed by atoms with Gasteiger partial charge in [-0.15, -0.1) is 0 Å². The Bertz CT molecular complexity index is 811. The first-order chi connectivity index (χ1) is 14.1. The van der Waals surface area contributed by atoms with E-state index in [0.717, 1.165) is 19.3 Å². The molecule has 1 aliphatic carbocycles. The van der Waals surface area contributed by atoms with E-state index in [9.17, 15) is 9.18 Å². The van der Waals surface area contributed by atoms with Gasteiger partial charge in [-0.05, 0) is 51.8 Å². The molecule has 3 atom stereocenters. The first-order valence-corrected chi connectivity index (χ1v) is 11.5. The summed E-state index contributed by atoms with van der Waals surface area (Å²) in [5.41, 5.74) is 5.52. The highest BCUT2D eigenvalue weighted by Crippen LogP contribution is 2.52. The average molecular weight is 438 g/mol. The van der Waals surface area contributed by atoms with Crippen LogP contribution in [0.5, 0.6) is 0 Å². The zero-order valence-corrected chi connectivity index (χ0v) is 19.0. The second-order valence-electron chi connectivity index (χ2n) is 9.00. The van der Waals surface area contributed by atoms with Gasteiger partial charge in [0.05, 0.1) is 11.6 Å². The number of anilines is 1. The average Bonchev–Trinajstić information content (AvgIpc) is 3.01. The zero-order valence-electron chi connectivity index (χ0n) is 18.2. The van der Waals surface area contributed by atoms with Crippen LogP contribution in [0.3, 0.4) is 0 Å². The van der Waals surface area contributed by atoms with Gasteiger partial charge in [-0.25, -0.2) is 9.18 Å². The van der Waals surface area contributed by atoms with Gasteiger partial charge in [0.1, 0.15) is 11.4 Å². The summed E-state index contributed by atoms with van der Waals surface area (Å²) in [6.07, 6.45) is 2.83. The van der Waals surface area contributed by atoms with Gasteiger partial charge in [0.15, 0.2) is 5.17 Å². The lowest BCUT2D eigenvalue weighted by molar-refractivity contribution is 0.0513. The number of hydrogen-bond acceptors (Lipinski definition) is 6. The van der Waals surface area contributed by atoms with Crippen molar-refractivity contribution < 1.29 is 18.7 Å². The van der Waals surface area contributed by atoms with E-state index < -0.39 is 17.2 Å². The Morgan fingerprint density at radius 3 is 2.90 bits per heavy atom. The van der Waals surface area contributed by atoms with Crippen molar-refractivity contribution in [1.82, 2.24) is 5.32 Å². The van der Waals surface area contributed by atoms with Crippen molar-refractivity contribution in [2.45, 2.75) is 70.6 Å². The largest absolute Gasteiger partial charge is 0.444 e. The minimum absolute atomic E-state index is 0.00685. The van der Waals surface area contributed by atoms with E-state index in [1.54, 1.807) is 32.9 Å². The standard InChI is InChI=1S/C22H32FN3O3S/c1-5-6-9-28-16-10-14-13-30-19(25-20(27)29-21(2,3)4)26-22(14,12-16)17-11-15(24)7-8-18(17)23/h7-8,11,14,16H,5-6,9-10,12-13,24H2,1-4H3,(H,25,26,27)/t14-,16-,22-/m0/s1. The van der Waals surface area contributed by atoms with Crippen molar-refractivity contribution in [3.63, 3.8) is 0 Å². The van der Waals surface area contributed by atoms with Crippen LogP contribution in [0.4, 0.5) is 14.9 Å². The number of benzene rings is 1. The van der Waals surface area contributed by atoms with Crippen LogP contribution in [0, 0.1) is 11.7 Å². The molecular formula is C22H32FN3O3S. The number of carbonyl (C=O) groups is 1. The Morgan fingerprint density at radius 1 is 1.43 bits per heavy atom. The number of carbonyl (C=O) groups excluding carboxylic acids is 1. The molecule has 1 amide bonds. The molecule has 166 valence electrons. The van der Waals surface area contributed by atoms with E-state index in [1.165, 1.54) is 17.8 Å². The number of aliphatic imine (C=N–C) groups is 1. The number of halogens is 1. The molecule has 0 bridgehead atoms. The minimum Gasteiger partial charge on any atom is -0.444 e. The van der Waals surface area contributed by atoms with Crippen LogP contribution in [0.15, 0.2) is 23.2 Å². The van der Waals surface area contributed by atoms with Crippen LogP contribution in [0.1, 0.15) is 58.9 Å². The maximum absolute atomic E-state index is 14.9. The maximum Gasteiger partial charge on any atom is 0.413 e. The highest BCUT2D eigenvalue weighted by molar-refractivity contribution is 8.13. The third-order valence-corrected chi connectivity index (χ3v) is 6.44. The summed E-state index contributed by atoms with van der Waals surface area (Å²) in [6.45, 7) is 8.21. The number of nitrogens with zero attached hydrogens (tertiary/aromatic N) is 1. The second-order valence-corrected chi connectivity index (χ2v) is 10.0. The van der Waals surface area contributed by atoms with E-state index in [4.69, 9.17) is 20.2 Å². The molecule has 1 heterocycles. The molecule has 3 rings (SSSR count). The molecular weight excluding hydrogens is 405 g/mol. The number of thioether (sulfide) groups is 1. The van der Waals surface area contributed by atoms with E-state index in [0.29, 0.717) is 35.2 Å². The van der Waals surface area contributed by atoms with Crippen molar-refractivity contribution in [2.75, 3.05) is 18.1 Å². The topological polar surface area (TPSA) is 85.9 Å². The lowest BCUT2D eigenvalue weighted by Gasteiger charge is -2.36. The Morgan fingerprint density at radius 2 is 2.20 bits per heavy atom. The number of ether oxygens (including phenoxy) is 2. The molecule has 30 heavy (non-hydrogen) atoms. The quantitative estimate of drug-likeness (QED) is 0.509. The highest BCUT2D eigenvalue weighted by atomic mass is 32.2. The van der Waals surface area contributed by atoms with E-state index in [2.05, 4.69) is 12.2 Å². The third-order valence-electron chi connectivity index (χ3n) is 5.40. The van der Waals surface area contributed by atoms with Crippen molar-refractivity contribution in [3.8, 4) is 0 Å². The van der Waals surface area contributed by atoms with Crippen LogP contribution in [-0.4, -0.2) is 35.3 Å². The Balaban J connectivity index is 1.92. The lowest BCUT2D eigenvalue weighted by atomic mass is 9.81. The molecule has 6 nitrogen and oxygen atoms in total. The smallest absolute Gasteiger partial charge is 0.413 e. The number of amides is 1. The summed E-state index contributed by atoms with van der Waals surface area (Å²) < 4.78 is 26.4. The van der Waals surface area contributed by atoms with Gasteiger partial charge in [-0.1, -0.05) is 25.1 Å². The SMILES string of the molecule is CCCCO[C@H]1C[C@H]2CSC(NC(=O)OC(C)(C)C)=N[C@@]2(c2cc(N)ccc2F)C1. The van der Waals surface area contributed by atoms with Crippen LogP contribution in [0.2, 0.25) is 0 Å². The Labute approximate surface area is 182 Å². The molecule has 1 aliphatic heterocycles. The number of alkyl carbamates (subject to hydrolysis) is 1. The van der Waals surface area contributed by atoms with Gasteiger partial charge >= 0.3 is 6.09 Å². The molecule has 2 aliphatic rings. The van der Waals surface area contributed by atoms with Crippen LogP contribution in [-0.2, 0) is 15.0 Å². The van der Waals surface area contributed by atoms with Gasteiger partial charge in [0.2, 0.25) is 0 Å². The first kappa shape index (κ1) is 22.9. The fraction of sp³-hybridized carbons (Fsp3) is 0.636. The van der Waals surface area contributed by atoms with Crippen molar-refractivity contribution in [1.29, 1.82) is 0 Å². The highest BCUT2D eigenvalue weighted by Gasteiger charge is 2.52. The predicted molar refractivity (Wildman–Crippen MR) is 119 cm³/mol. The Kier molecular flexibility index (Phi) is 6.97. The second kappa shape index (κ2) is 9.14. The number of amidine groups is 1. The molecule has 0 spiro atoms. The fourth-order valence-electron chi connectivity index (χ4n) is 4.09. The molecule has 0 saturated heterocycles. The number of nitrogens with two attached hydrogens (primary N) is 1. The van der Waals surface area contributed by atoms with Gasteiger partial charge < -0.3 is 15.2 Å². The maximum atomic E-state index is 14.9. The lowest BCUT2D eigenvalue weighted by Crippen LogP contribution is -2.42. The third kappa shape index (κ3) is 5.27. The minimum atomic E-state index is -0.814. The molecule has 1 aromatic rings. The van der Waals surface area contributed by atoms with Crippen molar-refractivity contribution in [2.24, 2.45) is 10.9 Å². The van der Waals surface area contributed by atoms with Crippen LogP contribution >= 0.6 is 11.8 Å². The van der Waals surface area contributed by atoms with E-state index >= 15 is 0 Å². The first-order valence-electron chi connectivity index (χ1n) is 10.5. The molecule has 1 fully saturated rings. The monoisotopic (exact) mass is 437 g/mol. The summed E-state index contributed by atoms with van der Waals surface area (Å²) in [5, 5.41) is 3.18. The van der Waals surface area contributed by atoms with Crippen LogP contribution < -0.4 is 11.1 Å². The number of fused-ring (bicyclic) bond motifs is 1.